The quantitative estimate of drug-likeness (QED) is 0.712. The first-order valence-corrected chi connectivity index (χ1v) is 5.22. The number of aromatic hydroxyl groups is 1. The van der Waals surface area contributed by atoms with Crippen molar-refractivity contribution in [3.8, 4) is 5.75 Å². The molecule has 0 bridgehead atoms. The number of carbonyl (C=O) groups is 2. The van der Waals surface area contributed by atoms with Gasteiger partial charge in [0.15, 0.2) is 0 Å². The maximum absolute atomic E-state index is 11.8. The zero-order valence-electron chi connectivity index (χ0n) is 9.57. The van der Waals surface area contributed by atoms with Crippen LogP contribution in [0.2, 0.25) is 0 Å². The first-order chi connectivity index (χ1) is 9.08. The van der Waals surface area contributed by atoms with Crippen molar-refractivity contribution >= 4 is 17.6 Å². The minimum absolute atomic E-state index is 0.0684. The minimum atomic E-state index is -1.16. The van der Waals surface area contributed by atoms with Gasteiger partial charge in [-0.1, -0.05) is 0 Å². The molecule has 0 radical (unpaired) electrons. The third kappa shape index (κ3) is 2.83. The monoisotopic (exact) mass is 259 g/mol. The number of nitrogens with one attached hydrogen (secondary N) is 1. The molecule has 2 rings (SSSR count). The van der Waals surface area contributed by atoms with Crippen LogP contribution in [0, 0.1) is 0 Å². The fourth-order valence-corrected chi connectivity index (χ4v) is 1.39. The van der Waals surface area contributed by atoms with Crippen LogP contribution in [0.5, 0.6) is 5.75 Å². The molecule has 0 unspecified atom stereocenters. The van der Waals surface area contributed by atoms with Gasteiger partial charge in [0.05, 0.1) is 29.2 Å². The van der Waals surface area contributed by atoms with Gasteiger partial charge in [-0.25, -0.2) is 4.79 Å². The molecule has 0 aliphatic rings. The van der Waals surface area contributed by atoms with Crippen LogP contribution in [-0.4, -0.2) is 32.3 Å². The van der Waals surface area contributed by atoms with Crippen LogP contribution < -0.4 is 5.32 Å². The molecule has 1 amide bonds. The Labute approximate surface area is 107 Å². The Kier molecular flexibility index (Phi) is 3.37. The molecule has 0 aliphatic carbocycles. The molecule has 0 aliphatic heterocycles. The van der Waals surface area contributed by atoms with Crippen LogP contribution in [0.15, 0.2) is 36.7 Å². The SMILES string of the molecule is O=C(O)c1ccc(NC(=O)c2ccnnc2)c(O)c1. The highest BCUT2D eigenvalue weighted by atomic mass is 16.4. The fraction of sp³-hybridized carbons (Fsp3) is 0. The Hall–Kier alpha value is -2.96. The molecule has 2 aromatic rings. The van der Waals surface area contributed by atoms with Crippen molar-refractivity contribution in [1.29, 1.82) is 0 Å². The highest BCUT2D eigenvalue weighted by Gasteiger charge is 2.11. The van der Waals surface area contributed by atoms with Gasteiger partial charge in [-0.05, 0) is 24.3 Å². The molecule has 0 atom stereocenters. The van der Waals surface area contributed by atoms with E-state index in [1.165, 1.54) is 30.6 Å². The van der Waals surface area contributed by atoms with Crippen LogP contribution in [0.1, 0.15) is 20.7 Å². The normalized spacial score (nSPS) is 9.89. The first kappa shape index (κ1) is 12.5. The molecular formula is C12H9N3O4. The maximum atomic E-state index is 11.8. The molecule has 3 N–H and O–H groups in total. The number of carbonyl (C=O) groups excluding carboxylic acids is 1. The molecule has 0 fully saturated rings. The lowest BCUT2D eigenvalue weighted by Crippen LogP contribution is -2.12. The predicted octanol–water partition coefficient (Wildman–Crippen LogP) is 1.13. The highest BCUT2D eigenvalue weighted by Crippen LogP contribution is 2.24. The number of aromatic nitrogens is 2. The minimum Gasteiger partial charge on any atom is -0.506 e. The summed E-state index contributed by atoms with van der Waals surface area (Å²) in [5, 5.41) is 27.9. The van der Waals surface area contributed by atoms with Crippen LogP contribution >= 0.6 is 0 Å². The molecule has 0 saturated heterocycles. The van der Waals surface area contributed by atoms with Crippen LogP contribution in [0.3, 0.4) is 0 Å². The summed E-state index contributed by atoms with van der Waals surface area (Å²) in [5.74, 6) is -1.96. The van der Waals surface area contributed by atoms with Gasteiger partial charge in [0.1, 0.15) is 5.75 Å². The number of phenols is 1. The van der Waals surface area contributed by atoms with E-state index >= 15 is 0 Å². The zero-order valence-corrected chi connectivity index (χ0v) is 9.57. The number of hydrogen-bond acceptors (Lipinski definition) is 5. The number of rotatable bonds is 3. The molecule has 96 valence electrons. The van der Waals surface area contributed by atoms with E-state index in [-0.39, 0.29) is 22.6 Å². The largest absolute Gasteiger partial charge is 0.506 e. The van der Waals surface area contributed by atoms with E-state index in [0.29, 0.717) is 0 Å². The second-order valence-corrected chi connectivity index (χ2v) is 3.62. The summed E-state index contributed by atoms with van der Waals surface area (Å²) in [4.78, 5) is 22.5. The molecule has 1 heterocycles. The van der Waals surface area contributed by atoms with Gasteiger partial charge in [-0.3, -0.25) is 4.79 Å². The topological polar surface area (TPSA) is 112 Å². The van der Waals surface area contributed by atoms with Gasteiger partial charge in [-0.2, -0.15) is 10.2 Å². The maximum Gasteiger partial charge on any atom is 0.335 e. The van der Waals surface area contributed by atoms with E-state index in [9.17, 15) is 14.7 Å². The Bertz CT molecular complexity index is 628. The van der Waals surface area contributed by atoms with E-state index in [2.05, 4.69) is 15.5 Å². The number of anilines is 1. The summed E-state index contributed by atoms with van der Waals surface area (Å²) < 4.78 is 0. The number of carboxylic acid groups (broad SMARTS) is 1. The molecule has 19 heavy (non-hydrogen) atoms. The van der Waals surface area contributed by atoms with E-state index in [4.69, 9.17) is 5.11 Å². The zero-order chi connectivity index (χ0) is 13.8. The van der Waals surface area contributed by atoms with E-state index in [1.54, 1.807) is 0 Å². The van der Waals surface area contributed by atoms with E-state index in [0.717, 1.165) is 6.07 Å². The Morgan fingerprint density at radius 2 is 1.89 bits per heavy atom. The van der Waals surface area contributed by atoms with Gasteiger partial charge in [0.25, 0.3) is 5.91 Å². The van der Waals surface area contributed by atoms with Gasteiger partial charge in [0, 0.05) is 0 Å². The van der Waals surface area contributed by atoms with Crippen molar-refractivity contribution in [3.63, 3.8) is 0 Å². The van der Waals surface area contributed by atoms with E-state index in [1.807, 2.05) is 0 Å². The molecule has 7 nitrogen and oxygen atoms in total. The first-order valence-electron chi connectivity index (χ1n) is 5.22. The van der Waals surface area contributed by atoms with Crippen LogP contribution in [-0.2, 0) is 0 Å². The average molecular weight is 259 g/mol. The summed E-state index contributed by atoms with van der Waals surface area (Å²) in [6.45, 7) is 0. The van der Waals surface area contributed by atoms with Gasteiger partial charge in [0.2, 0.25) is 0 Å². The fourth-order valence-electron chi connectivity index (χ4n) is 1.39. The summed E-state index contributed by atoms with van der Waals surface area (Å²) in [5.41, 5.74) is 0.324. The molecule has 1 aromatic carbocycles. The Morgan fingerprint density at radius 1 is 1.11 bits per heavy atom. The average Bonchev–Trinajstić information content (AvgIpc) is 2.41. The molecule has 0 saturated carbocycles. The van der Waals surface area contributed by atoms with Crippen molar-refractivity contribution in [2.24, 2.45) is 0 Å². The van der Waals surface area contributed by atoms with Crippen LogP contribution in [0.4, 0.5) is 5.69 Å². The lowest BCUT2D eigenvalue weighted by molar-refractivity contribution is 0.0696. The molecule has 0 spiro atoms. The third-order valence-corrected chi connectivity index (χ3v) is 2.34. The number of benzene rings is 1. The molecule has 1 aromatic heterocycles. The van der Waals surface area contributed by atoms with Crippen LogP contribution in [0.25, 0.3) is 0 Å². The number of hydrogen-bond donors (Lipinski definition) is 3. The van der Waals surface area contributed by atoms with Gasteiger partial charge in [-0.15, -0.1) is 0 Å². The number of amides is 1. The number of aromatic carboxylic acids is 1. The van der Waals surface area contributed by atoms with Gasteiger partial charge >= 0.3 is 5.97 Å². The lowest BCUT2D eigenvalue weighted by atomic mass is 10.2. The van der Waals surface area contributed by atoms with Crippen molar-refractivity contribution in [2.75, 3.05) is 5.32 Å². The van der Waals surface area contributed by atoms with Crippen molar-refractivity contribution in [3.05, 3.63) is 47.8 Å². The summed E-state index contributed by atoms with van der Waals surface area (Å²) in [6, 6.07) is 5.11. The predicted molar refractivity (Wildman–Crippen MR) is 65.1 cm³/mol. The molecular weight excluding hydrogens is 250 g/mol. The lowest BCUT2D eigenvalue weighted by Gasteiger charge is -2.07. The third-order valence-electron chi connectivity index (χ3n) is 2.34. The van der Waals surface area contributed by atoms with Crippen molar-refractivity contribution < 1.29 is 19.8 Å². The van der Waals surface area contributed by atoms with Crippen molar-refractivity contribution in [2.45, 2.75) is 0 Å². The number of carboxylic acids is 1. The summed E-state index contributed by atoms with van der Waals surface area (Å²) in [6.07, 6.45) is 2.64. The molecule has 7 heteroatoms. The number of nitrogens with zero attached hydrogens (tertiary/aromatic N) is 2. The van der Waals surface area contributed by atoms with Crippen molar-refractivity contribution in [1.82, 2.24) is 10.2 Å². The summed E-state index contributed by atoms with van der Waals surface area (Å²) in [7, 11) is 0. The highest BCUT2D eigenvalue weighted by molar-refractivity contribution is 6.05. The second kappa shape index (κ2) is 5.13. The van der Waals surface area contributed by atoms with Gasteiger partial charge < -0.3 is 15.5 Å². The standard InChI is InChI=1S/C12H9N3O4/c16-10-5-7(12(18)19)1-2-9(10)15-11(17)8-3-4-13-14-6-8/h1-6,16H,(H,15,17)(H,18,19). The summed E-state index contributed by atoms with van der Waals surface area (Å²) >= 11 is 0. The Balaban J connectivity index is 2.20. The smallest absolute Gasteiger partial charge is 0.335 e. The van der Waals surface area contributed by atoms with E-state index < -0.39 is 11.9 Å². The second-order valence-electron chi connectivity index (χ2n) is 3.62. The Morgan fingerprint density at radius 3 is 2.47 bits per heavy atom. The number of phenolic OH excluding ortho intramolecular Hbond substituents is 1.